The Hall–Kier alpha value is -4.24. The molecule has 0 unspecified atom stereocenters. The van der Waals surface area contributed by atoms with Crippen molar-refractivity contribution in [3.05, 3.63) is 137 Å². The van der Waals surface area contributed by atoms with Crippen molar-refractivity contribution in [2.45, 2.75) is 12.0 Å². The molecule has 0 spiro atoms. The van der Waals surface area contributed by atoms with Gasteiger partial charge in [0.15, 0.2) is 0 Å². The van der Waals surface area contributed by atoms with E-state index in [2.05, 4.69) is 41.1 Å². The number of benzene rings is 4. The van der Waals surface area contributed by atoms with Crippen LogP contribution >= 0.6 is 0 Å². The molecule has 0 aliphatic heterocycles. The van der Waals surface area contributed by atoms with Gasteiger partial charge in [0.05, 0.1) is 79.1 Å². The van der Waals surface area contributed by atoms with Gasteiger partial charge >= 0.3 is 5.97 Å². The summed E-state index contributed by atoms with van der Waals surface area (Å²) in [5.41, 5.74) is 2.25. The zero-order chi connectivity index (χ0) is 36.3. The highest BCUT2D eigenvalue weighted by Gasteiger charge is 2.37. The minimum absolute atomic E-state index is 0.0791. The van der Waals surface area contributed by atoms with E-state index in [-0.39, 0.29) is 26.4 Å². The molecule has 4 rings (SSSR count). The molecule has 8 nitrogen and oxygen atoms in total. The number of halogens is 5. The Morgan fingerprint density at radius 2 is 0.745 bits per heavy atom. The van der Waals surface area contributed by atoms with Crippen LogP contribution in [0.3, 0.4) is 0 Å². The normalized spacial score (nSPS) is 11.5. The lowest BCUT2D eigenvalue weighted by atomic mass is 9.80. The van der Waals surface area contributed by atoms with Gasteiger partial charge in [-0.05, 0) is 16.7 Å². The number of carbonyl (C=O) groups excluding carboxylic acids is 1. The fraction of sp³-hybridized carbons (Fsp3) is 0.342. The summed E-state index contributed by atoms with van der Waals surface area (Å²) in [6.45, 7) is 2.80. The number of rotatable bonds is 23. The molecular weight excluding hydrogens is 679 g/mol. The van der Waals surface area contributed by atoms with E-state index in [4.69, 9.17) is 28.4 Å². The molecule has 13 heteroatoms. The summed E-state index contributed by atoms with van der Waals surface area (Å²) in [4.78, 5) is 11.7. The van der Waals surface area contributed by atoms with Crippen molar-refractivity contribution in [2.24, 2.45) is 0 Å². The van der Waals surface area contributed by atoms with Crippen LogP contribution in [0.1, 0.15) is 23.1 Å². The van der Waals surface area contributed by atoms with Gasteiger partial charge in [0.25, 0.3) is 0 Å². The minimum atomic E-state index is -2.35. The Balaban J connectivity index is 1.02. The van der Waals surface area contributed by atoms with Gasteiger partial charge in [-0.15, -0.1) is 0 Å². The van der Waals surface area contributed by atoms with Gasteiger partial charge in [0.2, 0.25) is 34.8 Å². The third-order valence-electron chi connectivity index (χ3n) is 7.41. The molecular formula is C38H39F5O8. The van der Waals surface area contributed by atoms with Crippen LogP contribution < -0.4 is 4.74 Å². The first-order valence-corrected chi connectivity index (χ1v) is 16.3. The van der Waals surface area contributed by atoms with Crippen molar-refractivity contribution in [1.82, 2.24) is 0 Å². The maximum absolute atomic E-state index is 13.6. The molecule has 0 aliphatic rings. The van der Waals surface area contributed by atoms with Crippen LogP contribution in [0.4, 0.5) is 22.0 Å². The second-order valence-corrected chi connectivity index (χ2v) is 10.8. The molecule has 51 heavy (non-hydrogen) atoms. The van der Waals surface area contributed by atoms with Gasteiger partial charge in [-0.2, -0.15) is 8.78 Å². The smallest absolute Gasteiger partial charge is 0.313 e. The summed E-state index contributed by atoms with van der Waals surface area (Å²) in [6, 6.07) is 30.4. The number of hydrogen-bond donors (Lipinski definition) is 0. The van der Waals surface area contributed by atoms with Gasteiger partial charge in [-0.25, -0.2) is 13.2 Å². The SMILES string of the molecule is O=C(CCOCCOCCOCCOCCOCCOC(c1ccccc1)(c1ccccc1)c1ccccc1)Oc1c(F)c(F)c(F)c(F)c1F. The van der Waals surface area contributed by atoms with Crippen LogP contribution in [0.2, 0.25) is 0 Å². The van der Waals surface area contributed by atoms with Crippen molar-refractivity contribution < 1.29 is 59.9 Å². The highest BCUT2D eigenvalue weighted by molar-refractivity contribution is 5.72. The monoisotopic (exact) mass is 718 g/mol. The molecule has 0 radical (unpaired) electrons. The van der Waals surface area contributed by atoms with Crippen LogP contribution in [0, 0.1) is 29.1 Å². The predicted octanol–water partition coefficient (Wildman–Crippen LogP) is 6.77. The summed E-state index contributed by atoms with van der Waals surface area (Å²) < 4.78 is 105. The summed E-state index contributed by atoms with van der Waals surface area (Å²) in [6.07, 6.45) is -0.487. The van der Waals surface area contributed by atoms with Gasteiger partial charge in [-0.1, -0.05) is 91.0 Å². The number of hydrogen-bond acceptors (Lipinski definition) is 8. The third kappa shape index (κ3) is 11.4. The lowest BCUT2D eigenvalue weighted by Crippen LogP contribution is -2.34. The van der Waals surface area contributed by atoms with Crippen LogP contribution in [-0.2, 0) is 38.8 Å². The zero-order valence-corrected chi connectivity index (χ0v) is 27.8. The summed E-state index contributed by atoms with van der Waals surface area (Å²) in [7, 11) is 0. The van der Waals surface area contributed by atoms with Crippen LogP contribution in [0.25, 0.3) is 0 Å². The Morgan fingerprint density at radius 1 is 0.431 bits per heavy atom. The van der Waals surface area contributed by atoms with E-state index >= 15 is 0 Å². The van der Waals surface area contributed by atoms with E-state index in [1.54, 1.807) is 0 Å². The van der Waals surface area contributed by atoms with Crippen LogP contribution in [0.15, 0.2) is 91.0 Å². The minimum Gasteiger partial charge on any atom is -0.420 e. The Bertz CT molecular complexity index is 1490. The molecule has 0 fully saturated rings. The number of ether oxygens (including phenoxy) is 7. The number of esters is 1. The van der Waals surface area contributed by atoms with E-state index in [0.29, 0.717) is 46.2 Å². The maximum atomic E-state index is 13.6. The van der Waals surface area contributed by atoms with Gasteiger partial charge < -0.3 is 33.2 Å². The largest absolute Gasteiger partial charge is 0.420 e. The fourth-order valence-electron chi connectivity index (χ4n) is 5.00. The quantitative estimate of drug-likeness (QED) is 0.0158. The summed E-state index contributed by atoms with van der Waals surface area (Å²) in [5.74, 6) is -14.1. The van der Waals surface area contributed by atoms with E-state index in [9.17, 15) is 26.7 Å². The summed E-state index contributed by atoms with van der Waals surface area (Å²) >= 11 is 0. The lowest BCUT2D eigenvalue weighted by molar-refractivity contribution is -0.136. The molecule has 0 aliphatic carbocycles. The standard InChI is InChI=1S/C38H39F5O8/c39-32-33(40)35(42)37(36(43)34(32)41)51-31(44)16-17-45-18-19-46-20-21-47-22-23-48-24-25-49-26-27-50-38(28-10-4-1-5-11-28,29-12-6-2-7-13-29)30-14-8-3-9-15-30/h1-15H,16-27H2. The molecule has 0 heterocycles. The topological polar surface area (TPSA) is 81.7 Å². The van der Waals surface area contributed by atoms with Crippen molar-refractivity contribution in [1.29, 1.82) is 0 Å². The van der Waals surface area contributed by atoms with Crippen molar-refractivity contribution in [2.75, 3.05) is 72.7 Å². The van der Waals surface area contributed by atoms with Crippen molar-refractivity contribution >= 4 is 5.97 Å². The van der Waals surface area contributed by atoms with E-state index in [1.165, 1.54) is 0 Å². The maximum Gasteiger partial charge on any atom is 0.313 e. The van der Waals surface area contributed by atoms with Gasteiger partial charge in [0, 0.05) is 0 Å². The van der Waals surface area contributed by atoms with Gasteiger partial charge in [0.1, 0.15) is 5.60 Å². The average molecular weight is 719 g/mol. The molecule has 0 amide bonds. The Labute approximate surface area is 292 Å². The molecule has 0 saturated heterocycles. The first kappa shape index (κ1) is 39.5. The van der Waals surface area contributed by atoms with Gasteiger partial charge in [-0.3, -0.25) is 4.79 Å². The molecule has 0 N–H and O–H groups in total. The van der Waals surface area contributed by atoms with Crippen molar-refractivity contribution in [3.8, 4) is 5.75 Å². The van der Waals surface area contributed by atoms with Crippen LogP contribution in [0.5, 0.6) is 5.75 Å². The Kier molecular flexibility index (Phi) is 16.4. The second-order valence-electron chi connectivity index (χ2n) is 10.8. The molecule has 4 aromatic carbocycles. The highest BCUT2D eigenvalue weighted by atomic mass is 19.2. The molecule has 0 aromatic heterocycles. The third-order valence-corrected chi connectivity index (χ3v) is 7.41. The fourth-order valence-corrected chi connectivity index (χ4v) is 5.00. The first-order chi connectivity index (χ1) is 24.9. The second kappa shape index (κ2) is 21.2. The predicted molar refractivity (Wildman–Crippen MR) is 176 cm³/mol. The number of carbonyl (C=O) groups is 1. The average Bonchev–Trinajstić information content (AvgIpc) is 3.17. The van der Waals surface area contributed by atoms with E-state index in [0.717, 1.165) is 16.7 Å². The zero-order valence-electron chi connectivity index (χ0n) is 27.8. The molecule has 0 atom stereocenters. The molecule has 0 saturated carbocycles. The molecule has 0 bridgehead atoms. The molecule has 4 aromatic rings. The Morgan fingerprint density at radius 3 is 1.12 bits per heavy atom. The lowest BCUT2D eigenvalue weighted by Gasteiger charge is -2.36. The van der Waals surface area contributed by atoms with E-state index in [1.807, 2.05) is 54.6 Å². The van der Waals surface area contributed by atoms with Crippen molar-refractivity contribution in [3.63, 3.8) is 0 Å². The summed E-state index contributed by atoms with van der Waals surface area (Å²) in [5, 5.41) is 0. The van der Waals surface area contributed by atoms with E-state index < -0.39 is 52.8 Å². The van der Waals surface area contributed by atoms with Crippen LogP contribution in [-0.4, -0.2) is 78.6 Å². The molecule has 274 valence electrons. The highest BCUT2D eigenvalue weighted by Crippen LogP contribution is 2.40. The first-order valence-electron chi connectivity index (χ1n) is 16.3.